The molecule has 0 atom stereocenters. The number of anilines is 1. The summed E-state index contributed by atoms with van der Waals surface area (Å²) in [6, 6.07) is 1.60. The fraction of sp³-hybridized carbons (Fsp3) is 0.462. The zero-order valence-corrected chi connectivity index (χ0v) is 11.2. The van der Waals surface area contributed by atoms with Gasteiger partial charge in [-0.3, -0.25) is 10.1 Å². The summed E-state index contributed by atoms with van der Waals surface area (Å²) in [5.74, 6) is -2.24. The number of nitrogens with one attached hydrogen (secondary N) is 1. The van der Waals surface area contributed by atoms with Crippen molar-refractivity contribution in [3.63, 3.8) is 0 Å². The van der Waals surface area contributed by atoms with E-state index in [9.17, 15) is 19.3 Å². The van der Waals surface area contributed by atoms with E-state index in [2.05, 4.69) is 5.32 Å². The lowest BCUT2D eigenvalue weighted by molar-refractivity contribution is -0.384. The quantitative estimate of drug-likeness (QED) is 0.638. The van der Waals surface area contributed by atoms with Gasteiger partial charge in [0.2, 0.25) is 0 Å². The zero-order valence-electron chi connectivity index (χ0n) is 11.2. The number of nitro groups is 1. The van der Waals surface area contributed by atoms with E-state index in [1.807, 2.05) is 0 Å². The Morgan fingerprint density at radius 3 is 2.71 bits per heavy atom. The first kappa shape index (κ1) is 15.2. The van der Waals surface area contributed by atoms with E-state index in [0.29, 0.717) is 25.7 Å². The number of hydrogen-bond acceptors (Lipinski definition) is 5. The Morgan fingerprint density at radius 1 is 1.48 bits per heavy atom. The predicted octanol–water partition coefficient (Wildman–Crippen LogP) is 2.27. The topological polar surface area (TPSA) is 102 Å². The Labute approximate surface area is 119 Å². The number of carboxylic acid groups (broad SMARTS) is 1. The van der Waals surface area contributed by atoms with Gasteiger partial charge in [0, 0.05) is 31.9 Å². The fourth-order valence-corrected chi connectivity index (χ4v) is 2.22. The van der Waals surface area contributed by atoms with Gasteiger partial charge in [-0.05, 0) is 18.8 Å². The van der Waals surface area contributed by atoms with Gasteiger partial charge in [-0.15, -0.1) is 0 Å². The van der Waals surface area contributed by atoms with Crippen molar-refractivity contribution >= 4 is 17.3 Å². The number of benzene rings is 1. The van der Waals surface area contributed by atoms with Crippen molar-refractivity contribution in [2.45, 2.75) is 12.8 Å². The van der Waals surface area contributed by atoms with Crippen molar-refractivity contribution in [1.29, 1.82) is 0 Å². The smallest absolute Gasteiger partial charge is 0.338 e. The third-order valence-electron chi connectivity index (χ3n) is 3.43. The third kappa shape index (κ3) is 3.66. The van der Waals surface area contributed by atoms with E-state index in [1.54, 1.807) is 0 Å². The van der Waals surface area contributed by atoms with Gasteiger partial charge in [-0.1, -0.05) is 0 Å². The molecule has 1 aliphatic rings. The number of hydrogen-bond donors (Lipinski definition) is 2. The maximum atomic E-state index is 13.6. The summed E-state index contributed by atoms with van der Waals surface area (Å²) in [5, 5.41) is 22.6. The van der Waals surface area contributed by atoms with Crippen LogP contribution in [0.2, 0.25) is 0 Å². The largest absolute Gasteiger partial charge is 0.478 e. The first-order chi connectivity index (χ1) is 9.99. The molecule has 0 saturated carbocycles. The molecule has 0 aromatic heterocycles. The summed E-state index contributed by atoms with van der Waals surface area (Å²) >= 11 is 0. The molecule has 8 heteroatoms. The minimum Gasteiger partial charge on any atom is -0.478 e. The summed E-state index contributed by atoms with van der Waals surface area (Å²) in [7, 11) is 0. The van der Waals surface area contributed by atoms with Gasteiger partial charge in [-0.25, -0.2) is 9.18 Å². The van der Waals surface area contributed by atoms with Gasteiger partial charge in [0.05, 0.1) is 4.92 Å². The lowest BCUT2D eigenvalue weighted by Gasteiger charge is -2.22. The first-order valence-electron chi connectivity index (χ1n) is 6.52. The van der Waals surface area contributed by atoms with Gasteiger partial charge in [-0.2, -0.15) is 0 Å². The Balaban J connectivity index is 2.19. The number of rotatable bonds is 5. The zero-order chi connectivity index (χ0) is 15.4. The number of carbonyl (C=O) groups is 1. The van der Waals surface area contributed by atoms with Gasteiger partial charge < -0.3 is 15.2 Å². The lowest BCUT2D eigenvalue weighted by atomic mass is 10.0. The molecule has 0 radical (unpaired) electrons. The van der Waals surface area contributed by atoms with Crippen LogP contribution in [0.1, 0.15) is 23.2 Å². The summed E-state index contributed by atoms with van der Waals surface area (Å²) in [5.41, 5.74) is -1.16. The molecule has 0 amide bonds. The molecule has 1 aromatic carbocycles. The molecule has 21 heavy (non-hydrogen) atoms. The number of nitrogens with zero attached hydrogens (tertiary/aromatic N) is 1. The summed E-state index contributed by atoms with van der Waals surface area (Å²) in [4.78, 5) is 21.1. The monoisotopic (exact) mass is 298 g/mol. The number of aromatic carboxylic acids is 1. The SMILES string of the molecule is O=C(O)c1cc([N+](=O)[O-])c(NCC2CCOCC2)cc1F. The molecule has 1 fully saturated rings. The van der Waals surface area contributed by atoms with Gasteiger partial charge >= 0.3 is 5.97 Å². The Hall–Kier alpha value is -2.22. The minimum absolute atomic E-state index is 0.00556. The van der Waals surface area contributed by atoms with Crippen molar-refractivity contribution in [2.75, 3.05) is 25.1 Å². The van der Waals surface area contributed by atoms with Crippen LogP contribution in [0.5, 0.6) is 0 Å². The van der Waals surface area contributed by atoms with Crippen LogP contribution in [0, 0.1) is 21.8 Å². The molecule has 1 aliphatic heterocycles. The average Bonchev–Trinajstić information content (AvgIpc) is 2.45. The van der Waals surface area contributed by atoms with Gasteiger partial charge in [0.25, 0.3) is 5.69 Å². The Bertz CT molecular complexity index is 558. The maximum absolute atomic E-state index is 13.6. The minimum atomic E-state index is -1.54. The van der Waals surface area contributed by atoms with E-state index < -0.39 is 28.0 Å². The summed E-state index contributed by atoms with van der Waals surface area (Å²) < 4.78 is 18.9. The normalized spacial score (nSPS) is 15.7. The van der Waals surface area contributed by atoms with Crippen molar-refractivity contribution in [3.8, 4) is 0 Å². The molecule has 0 bridgehead atoms. The third-order valence-corrected chi connectivity index (χ3v) is 3.43. The molecule has 1 heterocycles. The highest BCUT2D eigenvalue weighted by Gasteiger charge is 2.23. The van der Waals surface area contributed by atoms with Crippen molar-refractivity contribution in [2.24, 2.45) is 5.92 Å². The first-order valence-corrected chi connectivity index (χ1v) is 6.52. The van der Waals surface area contributed by atoms with Gasteiger partial charge in [0.1, 0.15) is 17.1 Å². The van der Waals surface area contributed by atoms with Crippen molar-refractivity contribution < 1.29 is 24.0 Å². The van der Waals surface area contributed by atoms with Crippen LogP contribution in [0.25, 0.3) is 0 Å². The van der Waals surface area contributed by atoms with E-state index in [-0.39, 0.29) is 5.69 Å². The van der Waals surface area contributed by atoms with E-state index >= 15 is 0 Å². The number of ether oxygens (including phenoxy) is 1. The molecule has 114 valence electrons. The molecule has 1 aromatic rings. The number of halogens is 1. The molecule has 2 rings (SSSR count). The Morgan fingerprint density at radius 2 is 2.14 bits per heavy atom. The lowest BCUT2D eigenvalue weighted by Crippen LogP contribution is -2.23. The van der Waals surface area contributed by atoms with Crippen LogP contribution < -0.4 is 5.32 Å². The predicted molar refractivity (Wildman–Crippen MR) is 72.0 cm³/mol. The number of carboxylic acids is 1. The second-order valence-corrected chi connectivity index (χ2v) is 4.85. The molecular formula is C13H15FN2O5. The van der Waals surface area contributed by atoms with Crippen LogP contribution in [-0.4, -0.2) is 35.8 Å². The van der Waals surface area contributed by atoms with E-state index in [0.717, 1.165) is 25.0 Å². The second kappa shape index (κ2) is 6.49. The maximum Gasteiger partial charge on any atom is 0.338 e. The highest BCUT2D eigenvalue weighted by molar-refractivity contribution is 5.90. The standard InChI is InChI=1S/C13H15FN2O5/c14-10-6-11(15-7-8-1-3-21-4-2-8)12(16(19)20)5-9(10)13(17)18/h5-6,8,15H,1-4,7H2,(H,17,18). The fourth-order valence-electron chi connectivity index (χ4n) is 2.22. The molecule has 7 nitrogen and oxygen atoms in total. The number of nitro benzene ring substituents is 1. The van der Waals surface area contributed by atoms with Crippen molar-refractivity contribution in [3.05, 3.63) is 33.6 Å². The summed E-state index contributed by atoms with van der Waals surface area (Å²) in [6.45, 7) is 1.73. The highest BCUT2D eigenvalue weighted by Crippen LogP contribution is 2.28. The van der Waals surface area contributed by atoms with Crippen molar-refractivity contribution in [1.82, 2.24) is 0 Å². The molecule has 1 saturated heterocycles. The van der Waals surface area contributed by atoms with Crippen LogP contribution >= 0.6 is 0 Å². The molecule has 2 N–H and O–H groups in total. The average molecular weight is 298 g/mol. The Kier molecular flexibility index (Phi) is 4.69. The van der Waals surface area contributed by atoms with E-state index in [1.165, 1.54) is 0 Å². The molecule has 0 unspecified atom stereocenters. The van der Waals surface area contributed by atoms with E-state index in [4.69, 9.17) is 9.84 Å². The van der Waals surface area contributed by atoms with Crippen LogP contribution in [0.15, 0.2) is 12.1 Å². The second-order valence-electron chi connectivity index (χ2n) is 4.85. The highest BCUT2D eigenvalue weighted by atomic mass is 19.1. The molecule has 0 aliphatic carbocycles. The molecule has 0 spiro atoms. The molecular weight excluding hydrogens is 283 g/mol. The van der Waals surface area contributed by atoms with Crippen LogP contribution in [-0.2, 0) is 4.74 Å². The van der Waals surface area contributed by atoms with Crippen LogP contribution in [0.3, 0.4) is 0 Å². The van der Waals surface area contributed by atoms with Gasteiger partial charge in [0.15, 0.2) is 0 Å². The summed E-state index contributed by atoms with van der Waals surface area (Å²) in [6.07, 6.45) is 1.66. The van der Waals surface area contributed by atoms with Crippen LogP contribution in [0.4, 0.5) is 15.8 Å².